The van der Waals surface area contributed by atoms with Gasteiger partial charge in [-0.15, -0.1) is 11.3 Å². The van der Waals surface area contributed by atoms with E-state index in [1.807, 2.05) is 6.92 Å². The fourth-order valence-electron chi connectivity index (χ4n) is 1.20. The average molecular weight is 222 g/mol. The fraction of sp³-hybridized carbons (Fsp3) is 0.222. The summed E-state index contributed by atoms with van der Waals surface area (Å²) in [6.07, 6.45) is 1.62. The van der Waals surface area contributed by atoms with Gasteiger partial charge in [-0.05, 0) is 13.0 Å². The number of carbonyl (C=O) groups excluding carboxylic acids is 1. The number of hydrogen-bond acceptors (Lipinski definition) is 5. The third-order valence-electron chi connectivity index (χ3n) is 1.85. The van der Waals surface area contributed by atoms with E-state index in [9.17, 15) is 4.79 Å². The molecule has 0 aliphatic heterocycles. The van der Waals surface area contributed by atoms with E-state index in [-0.39, 0.29) is 11.9 Å². The van der Waals surface area contributed by atoms with Crippen LogP contribution in [0.3, 0.4) is 0 Å². The van der Waals surface area contributed by atoms with Crippen LogP contribution in [0, 0.1) is 0 Å². The predicted octanol–water partition coefficient (Wildman–Crippen LogP) is 1.02. The van der Waals surface area contributed by atoms with Gasteiger partial charge in [0.25, 0.3) is 5.91 Å². The van der Waals surface area contributed by atoms with Crippen molar-refractivity contribution in [3.05, 3.63) is 17.1 Å². The number of nitrogens with one attached hydrogen (secondary N) is 1. The first kappa shape index (κ1) is 9.85. The van der Waals surface area contributed by atoms with Crippen molar-refractivity contribution < 1.29 is 4.79 Å². The summed E-state index contributed by atoms with van der Waals surface area (Å²) in [6, 6.07) is 1.77. The highest BCUT2D eigenvalue weighted by Crippen LogP contribution is 2.23. The summed E-state index contributed by atoms with van der Waals surface area (Å²) < 4.78 is 0. The molecular formula is C9H10N4OS. The van der Waals surface area contributed by atoms with Gasteiger partial charge in [-0.25, -0.2) is 9.97 Å². The summed E-state index contributed by atoms with van der Waals surface area (Å²) in [7, 11) is 0. The highest BCUT2D eigenvalue weighted by Gasteiger charge is 2.10. The maximum absolute atomic E-state index is 11.5. The Kier molecular flexibility index (Phi) is 2.51. The Hall–Kier alpha value is -1.69. The van der Waals surface area contributed by atoms with Crippen molar-refractivity contribution in [1.29, 1.82) is 0 Å². The van der Waals surface area contributed by atoms with Crippen LogP contribution in [0.25, 0.3) is 10.2 Å². The lowest BCUT2D eigenvalue weighted by atomic mass is 10.3. The topological polar surface area (TPSA) is 80.9 Å². The molecule has 78 valence electrons. The molecule has 2 rings (SSSR count). The van der Waals surface area contributed by atoms with Crippen LogP contribution in [0.2, 0.25) is 0 Å². The molecule has 0 aliphatic rings. The van der Waals surface area contributed by atoms with Gasteiger partial charge in [0.15, 0.2) is 0 Å². The van der Waals surface area contributed by atoms with E-state index in [0.717, 1.165) is 10.2 Å². The monoisotopic (exact) mass is 222 g/mol. The molecule has 2 aromatic heterocycles. The largest absolute Gasteiger partial charge is 0.368 e. The van der Waals surface area contributed by atoms with Crippen LogP contribution in [0.5, 0.6) is 0 Å². The number of nitrogen functional groups attached to an aromatic ring is 1. The zero-order valence-corrected chi connectivity index (χ0v) is 8.97. The number of thiophene rings is 1. The summed E-state index contributed by atoms with van der Waals surface area (Å²) in [5.74, 6) is 0.144. The molecule has 5 nitrogen and oxygen atoms in total. The molecule has 2 heterocycles. The minimum atomic E-state index is -0.0842. The first-order chi connectivity index (χ1) is 7.20. The average Bonchev–Trinajstić information content (AvgIpc) is 2.60. The lowest BCUT2D eigenvalue weighted by Gasteiger charge is -1.95. The molecule has 0 aromatic carbocycles. The SMILES string of the molecule is CCNC(=O)c1cc2cnc(N)nc2s1. The maximum atomic E-state index is 11.5. The van der Waals surface area contributed by atoms with Crippen LogP contribution < -0.4 is 11.1 Å². The van der Waals surface area contributed by atoms with Crippen molar-refractivity contribution in [2.45, 2.75) is 6.92 Å². The number of fused-ring (bicyclic) bond motifs is 1. The van der Waals surface area contributed by atoms with Gasteiger partial charge >= 0.3 is 0 Å². The lowest BCUT2D eigenvalue weighted by Crippen LogP contribution is -2.21. The third kappa shape index (κ3) is 1.89. The molecule has 15 heavy (non-hydrogen) atoms. The van der Waals surface area contributed by atoms with Crippen molar-refractivity contribution >= 4 is 33.4 Å². The van der Waals surface area contributed by atoms with Crippen LogP contribution in [0.4, 0.5) is 5.95 Å². The Labute approximate surface area is 90.3 Å². The van der Waals surface area contributed by atoms with E-state index >= 15 is 0 Å². The first-order valence-corrected chi connectivity index (χ1v) is 5.32. The molecule has 0 aliphatic carbocycles. The molecule has 2 aromatic rings. The molecule has 0 bridgehead atoms. The van der Waals surface area contributed by atoms with Crippen LogP contribution in [0.15, 0.2) is 12.3 Å². The van der Waals surface area contributed by atoms with Gasteiger partial charge in [-0.1, -0.05) is 0 Å². The summed E-state index contributed by atoms with van der Waals surface area (Å²) in [6.45, 7) is 2.49. The van der Waals surface area contributed by atoms with Gasteiger partial charge < -0.3 is 11.1 Å². The van der Waals surface area contributed by atoms with Crippen LogP contribution in [-0.4, -0.2) is 22.4 Å². The molecular weight excluding hydrogens is 212 g/mol. The van der Waals surface area contributed by atoms with E-state index in [1.54, 1.807) is 12.3 Å². The molecule has 0 saturated carbocycles. The van der Waals surface area contributed by atoms with E-state index in [2.05, 4.69) is 15.3 Å². The second kappa shape index (κ2) is 3.82. The van der Waals surface area contributed by atoms with E-state index in [0.29, 0.717) is 11.4 Å². The number of rotatable bonds is 2. The Bertz CT molecular complexity index is 508. The number of anilines is 1. The van der Waals surface area contributed by atoms with E-state index in [4.69, 9.17) is 5.73 Å². The number of hydrogen-bond donors (Lipinski definition) is 2. The normalized spacial score (nSPS) is 10.5. The minimum Gasteiger partial charge on any atom is -0.368 e. The van der Waals surface area contributed by atoms with E-state index < -0.39 is 0 Å². The molecule has 3 N–H and O–H groups in total. The summed E-state index contributed by atoms with van der Waals surface area (Å²) in [5.41, 5.74) is 5.45. The first-order valence-electron chi connectivity index (χ1n) is 4.51. The number of aromatic nitrogens is 2. The molecule has 0 saturated heterocycles. The van der Waals surface area contributed by atoms with Crippen molar-refractivity contribution in [1.82, 2.24) is 15.3 Å². The van der Waals surface area contributed by atoms with Gasteiger partial charge in [0.1, 0.15) is 4.83 Å². The Morgan fingerprint density at radius 2 is 2.47 bits per heavy atom. The standard InChI is InChI=1S/C9H10N4OS/c1-2-11-7(14)6-3-5-4-12-9(10)13-8(5)15-6/h3-4H,2H2,1H3,(H,11,14)(H2,10,12,13). The minimum absolute atomic E-state index is 0.0842. The zero-order chi connectivity index (χ0) is 10.8. The van der Waals surface area contributed by atoms with Gasteiger partial charge in [-0.2, -0.15) is 0 Å². The van der Waals surface area contributed by atoms with Gasteiger partial charge in [-0.3, -0.25) is 4.79 Å². The van der Waals surface area contributed by atoms with Crippen molar-refractivity contribution in [2.75, 3.05) is 12.3 Å². The van der Waals surface area contributed by atoms with Crippen LogP contribution in [0.1, 0.15) is 16.6 Å². The smallest absolute Gasteiger partial charge is 0.261 e. The van der Waals surface area contributed by atoms with Crippen LogP contribution in [-0.2, 0) is 0 Å². The number of amides is 1. The van der Waals surface area contributed by atoms with Crippen molar-refractivity contribution in [2.24, 2.45) is 0 Å². The molecule has 0 fully saturated rings. The van der Waals surface area contributed by atoms with Gasteiger partial charge in [0.2, 0.25) is 5.95 Å². The predicted molar refractivity (Wildman–Crippen MR) is 59.8 cm³/mol. The van der Waals surface area contributed by atoms with Crippen molar-refractivity contribution in [3.8, 4) is 0 Å². The Morgan fingerprint density at radius 3 is 3.20 bits per heavy atom. The lowest BCUT2D eigenvalue weighted by molar-refractivity contribution is 0.0960. The number of nitrogens with two attached hydrogens (primary N) is 1. The quantitative estimate of drug-likeness (QED) is 0.795. The highest BCUT2D eigenvalue weighted by molar-refractivity contribution is 7.20. The third-order valence-corrected chi connectivity index (χ3v) is 2.90. The maximum Gasteiger partial charge on any atom is 0.261 e. The summed E-state index contributed by atoms with van der Waals surface area (Å²) in [5, 5.41) is 3.57. The van der Waals surface area contributed by atoms with E-state index in [1.165, 1.54) is 11.3 Å². The summed E-state index contributed by atoms with van der Waals surface area (Å²) >= 11 is 1.32. The second-order valence-corrected chi connectivity index (χ2v) is 3.99. The fourth-order valence-corrected chi connectivity index (χ4v) is 2.13. The van der Waals surface area contributed by atoms with Crippen LogP contribution >= 0.6 is 11.3 Å². The molecule has 1 amide bonds. The highest BCUT2D eigenvalue weighted by atomic mass is 32.1. The Morgan fingerprint density at radius 1 is 1.67 bits per heavy atom. The molecule has 0 unspecified atom stereocenters. The number of nitrogens with zero attached hydrogens (tertiary/aromatic N) is 2. The van der Waals surface area contributed by atoms with Gasteiger partial charge in [0.05, 0.1) is 4.88 Å². The zero-order valence-electron chi connectivity index (χ0n) is 8.15. The Balaban J connectivity index is 2.42. The van der Waals surface area contributed by atoms with Crippen molar-refractivity contribution in [3.63, 3.8) is 0 Å². The van der Waals surface area contributed by atoms with Gasteiger partial charge in [0, 0.05) is 18.1 Å². The molecule has 6 heteroatoms. The molecule has 0 spiro atoms. The summed E-state index contributed by atoms with van der Waals surface area (Å²) in [4.78, 5) is 20.8. The molecule has 0 atom stereocenters. The second-order valence-electron chi connectivity index (χ2n) is 2.96. The molecule has 0 radical (unpaired) electrons. The number of carbonyl (C=O) groups is 1.